The van der Waals surface area contributed by atoms with Crippen molar-refractivity contribution in [3.05, 3.63) is 97.5 Å². The summed E-state index contributed by atoms with van der Waals surface area (Å²) in [4.78, 5) is 7.76. The molecule has 0 aliphatic carbocycles. The lowest BCUT2D eigenvalue weighted by Gasteiger charge is -2.09. The third-order valence-electron chi connectivity index (χ3n) is 5.34. The van der Waals surface area contributed by atoms with Crippen molar-refractivity contribution in [2.75, 3.05) is 14.2 Å². The number of rotatable bonds is 6. The molecule has 11 heteroatoms. The van der Waals surface area contributed by atoms with Gasteiger partial charge in [0.15, 0.2) is 17.9 Å². The topological polar surface area (TPSA) is 106 Å². The second-order valence-corrected chi connectivity index (χ2v) is 7.84. The molecule has 6 rings (SSSR count). The Morgan fingerprint density at radius 3 is 1.81 bits per heavy atom. The van der Waals surface area contributed by atoms with Gasteiger partial charge in [0.25, 0.3) is 5.35 Å². The van der Waals surface area contributed by atoms with E-state index >= 15 is 0 Å². The Balaban J connectivity index is 0.000000152. The summed E-state index contributed by atoms with van der Waals surface area (Å²) in [6, 6.07) is 15.1. The van der Waals surface area contributed by atoms with Gasteiger partial charge in [-0.1, -0.05) is 0 Å². The Bertz CT molecular complexity index is 1560. The molecule has 2 aromatic carbocycles. The van der Waals surface area contributed by atoms with Crippen molar-refractivity contribution in [3.8, 4) is 45.5 Å². The van der Waals surface area contributed by atoms with Gasteiger partial charge in [-0.15, -0.1) is 0 Å². The highest BCUT2D eigenvalue weighted by Crippen LogP contribution is 2.31. The molecule has 6 aromatic rings. The molecule has 37 heavy (non-hydrogen) atoms. The number of aromatic nitrogens is 6. The number of hydrogen-bond donors (Lipinski definition) is 0. The van der Waals surface area contributed by atoms with Gasteiger partial charge in [-0.3, -0.25) is 0 Å². The summed E-state index contributed by atoms with van der Waals surface area (Å²) in [6.07, 6.45) is 11.8. The van der Waals surface area contributed by atoms with Gasteiger partial charge < -0.3 is 18.3 Å². The number of oxazole rings is 2. The summed E-state index contributed by atoms with van der Waals surface area (Å²) < 4.78 is 24.8. The van der Waals surface area contributed by atoms with Crippen molar-refractivity contribution < 1.29 is 18.3 Å². The first kappa shape index (κ1) is 23.9. The molecular weight excluding hydrogens is 496 g/mol. The van der Waals surface area contributed by atoms with E-state index in [0.29, 0.717) is 17.3 Å². The maximum absolute atomic E-state index is 5.67. The lowest BCUT2D eigenvalue weighted by Crippen LogP contribution is -1.98. The fraction of sp³-hybridized carbons (Fsp3) is 0.0769. The zero-order valence-electron chi connectivity index (χ0n) is 19.9. The van der Waals surface area contributed by atoms with Crippen molar-refractivity contribution in [2.24, 2.45) is 0 Å². The first-order valence-electron chi connectivity index (χ1n) is 11.0. The van der Waals surface area contributed by atoms with Crippen molar-refractivity contribution in [3.63, 3.8) is 0 Å². The monoisotopic (exact) mass is 516 g/mol. The second-order valence-electron chi connectivity index (χ2n) is 7.52. The van der Waals surface area contributed by atoms with Gasteiger partial charge in [0.05, 0.1) is 26.6 Å². The molecule has 0 unspecified atom stereocenters. The molecule has 4 heterocycles. The summed E-state index contributed by atoms with van der Waals surface area (Å²) in [6.45, 7) is 0. The fourth-order valence-electron chi connectivity index (χ4n) is 3.61. The van der Waals surface area contributed by atoms with Gasteiger partial charge in [-0.25, -0.2) is 19.3 Å². The first-order chi connectivity index (χ1) is 18.2. The number of benzene rings is 2. The largest absolute Gasteiger partial charge is 0.494 e. The fourth-order valence-corrected chi connectivity index (χ4v) is 3.74. The first-order valence-corrected chi connectivity index (χ1v) is 11.4. The Labute approximate surface area is 216 Å². The summed E-state index contributed by atoms with van der Waals surface area (Å²) in [5, 5.41) is 8.49. The second kappa shape index (κ2) is 10.8. The van der Waals surface area contributed by atoms with Gasteiger partial charge in [0.2, 0.25) is 0 Å². The minimum absolute atomic E-state index is 0.116. The highest BCUT2D eigenvalue weighted by Gasteiger charge is 2.11. The molecule has 0 spiro atoms. The normalized spacial score (nSPS) is 10.6. The summed E-state index contributed by atoms with van der Waals surface area (Å²) in [7, 11) is 3.24. The predicted octanol–water partition coefficient (Wildman–Crippen LogP) is 5.73. The molecule has 0 fully saturated rings. The number of halogens is 1. The lowest BCUT2D eigenvalue weighted by atomic mass is 10.1. The summed E-state index contributed by atoms with van der Waals surface area (Å²) in [5.41, 5.74) is 3.49. The molecule has 4 aromatic heterocycles. The number of nitrogens with zero attached hydrogens (tertiary/aromatic N) is 6. The van der Waals surface area contributed by atoms with Gasteiger partial charge >= 0.3 is 0 Å². The third kappa shape index (κ3) is 5.24. The smallest absolute Gasteiger partial charge is 0.292 e. The van der Waals surface area contributed by atoms with Crippen LogP contribution in [-0.4, -0.2) is 43.7 Å². The summed E-state index contributed by atoms with van der Waals surface area (Å²) >= 11 is 5.67. The van der Waals surface area contributed by atoms with Crippen molar-refractivity contribution >= 4 is 11.6 Å². The van der Waals surface area contributed by atoms with E-state index in [9.17, 15) is 0 Å². The van der Waals surface area contributed by atoms with Crippen LogP contribution >= 0.6 is 11.6 Å². The van der Waals surface area contributed by atoms with Crippen LogP contribution < -0.4 is 9.47 Å². The highest BCUT2D eigenvalue weighted by molar-refractivity contribution is 6.27. The minimum atomic E-state index is 0.116. The van der Waals surface area contributed by atoms with E-state index in [-0.39, 0.29) is 5.35 Å². The molecule has 10 nitrogen and oxygen atoms in total. The van der Waals surface area contributed by atoms with Gasteiger partial charge in [-0.05, 0) is 60.1 Å². The molecule has 0 N–H and O–H groups in total. The van der Waals surface area contributed by atoms with Crippen molar-refractivity contribution in [2.45, 2.75) is 0 Å². The van der Waals surface area contributed by atoms with Gasteiger partial charge in [-0.2, -0.15) is 10.2 Å². The Morgan fingerprint density at radius 2 is 1.38 bits per heavy atom. The van der Waals surface area contributed by atoms with Crippen LogP contribution in [0.15, 0.2) is 101 Å². The molecule has 0 saturated heterocycles. The SMILES string of the molecule is COc1cc(-c2cnc(Cl)o2)ccc1-n1cccn1.COc1cc(-c2cnco2)ccc1-n1cccn1. The maximum atomic E-state index is 5.67. The van der Waals surface area contributed by atoms with Crippen molar-refractivity contribution in [1.82, 2.24) is 29.5 Å². The third-order valence-corrected chi connectivity index (χ3v) is 5.52. The predicted molar refractivity (Wildman–Crippen MR) is 136 cm³/mol. The van der Waals surface area contributed by atoms with E-state index in [1.807, 2.05) is 60.9 Å². The maximum Gasteiger partial charge on any atom is 0.292 e. The van der Waals surface area contributed by atoms with Crippen LogP contribution in [0, 0.1) is 0 Å². The molecule has 186 valence electrons. The molecule has 0 saturated carbocycles. The van der Waals surface area contributed by atoms with E-state index in [4.69, 9.17) is 29.9 Å². The van der Waals surface area contributed by atoms with Crippen molar-refractivity contribution in [1.29, 1.82) is 0 Å². The van der Waals surface area contributed by atoms with E-state index in [1.165, 1.54) is 6.39 Å². The number of ether oxygens (including phenoxy) is 2. The van der Waals surface area contributed by atoms with Crippen LogP contribution in [0.1, 0.15) is 0 Å². The molecule has 0 radical (unpaired) electrons. The molecule has 0 aliphatic heterocycles. The molecule has 0 amide bonds. The minimum Gasteiger partial charge on any atom is -0.494 e. The average molecular weight is 517 g/mol. The zero-order valence-corrected chi connectivity index (χ0v) is 20.6. The zero-order chi connectivity index (χ0) is 25.6. The van der Waals surface area contributed by atoms with Gasteiger partial charge in [0.1, 0.15) is 22.9 Å². The Kier molecular flexibility index (Phi) is 7.00. The van der Waals surface area contributed by atoms with Crippen LogP contribution in [0.25, 0.3) is 34.0 Å². The molecule has 0 bridgehead atoms. The Hall–Kier alpha value is -4.83. The van der Waals surface area contributed by atoms with E-state index in [0.717, 1.165) is 28.3 Å². The number of methoxy groups -OCH3 is 2. The molecular formula is C26H21ClN6O4. The van der Waals surface area contributed by atoms with E-state index in [2.05, 4.69) is 20.2 Å². The van der Waals surface area contributed by atoms with E-state index in [1.54, 1.807) is 48.4 Å². The van der Waals surface area contributed by atoms with E-state index < -0.39 is 0 Å². The quantitative estimate of drug-likeness (QED) is 0.276. The Morgan fingerprint density at radius 1 is 0.784 bits per heavy atom. The average Bonchev–Trinajstić information content (AvgIpc) is 3.76. The van der Waals surface area contributed by atoms with Crippen LogP contribution in [-0.2, 0) is 0 Å². The molecule has 0 atom stereocenters. The standard InChI is InChI=1S/C13H10ClN3O2.C13H11N3O2/c1-18-11-7-9(12-8-15-13(14)19-12)3-4-10(11)17-6-2-5-16-17;1-17-12-7-10(13-8-14-9-18-13)3-4-11(12)16-6-2-5-15-16/h2-8H,1H3;2-9H,1H3. The van der Waals surface area contributed by atoms with Crippen LogP contribution in [0.4, 0.5) is 0 Å². The number of hydrogen-bond acceptors (Lipinski definition) is 8. The highest BCUT2D eigenvalue weighted by atomic mass is 35.5. The van der Waals surface area contributed by atoms with Gasteiger partial charge in [0, 0.05) is 35.9 Å². The van der Waals surface area contributed by atoms with Crippen LogP contribution in [0.2, 0.25) is 5.35 Å². The molecule has 0 aliphatic rings. The lowest BCUT2D eigenvalue weighted by molar-refractivity contribution is 0.411. The van der Waals surface area contributed by atoms with Crippen LogP contribution in [0.3, 0.4) is 0 Å². The van der Waals surface area contributed by atoms with Crippen LogP contribution in [0.5, 0.6) is 11.5 Å². The summed E-state index contributed by atoms with van der Waals surface area (Å²) in [5.74, 6) is 2.72.